The summed E-state index contributed by atoms with van der Waals surface area (Å²) in [5.74, 6) is 1.37. The number of hydrogen-bond donors (Lipinski definition) is 1. The summed E-state index contributed by atoms with van der Waals surface area (Å²) in [7, 11) is 1.72. The van der Waals surface area contributed by atoms with Crippen LogP contribution in [-0.2, 0) is 6.54 Å². The van der Waals surface area contributed by atoms with Crippen LogP contribution >= 0.6 is 11.3 Å². The fourth-order valence-electron chi connectivity index (χ4n) is 2.13. The van der Waals surface area contributed by atoms with E-state index in [0.29, 0.717) is 12.5 Å². The van der Waals surface area contributed by atoms with Crippen LogP contribution in [0.5, 0.6) is 5.75 Å². The number of hydrogen-bond acceptors (Lipinski definition) is 4. The number of aromatic nitrogens is 1. The molecule has 0 saturated heterocycles. The summed E-state index contributed by atoms with van der Waals surface area (Å²) in [6.45, 7) is 6.92. The van der Waals surface area contributed by atoms with Gasteiger partial charge in [-0.2, -0.15) is 0 Å². The van der Waals surface area contributed by atoms with Crippen LogP contribution in [0, 0.1) is 6.92 Å². The summed E-state index contributed by atoms with van der Waals surface area (Å²) in [5.41, 5.74) is 10.2. The zero-order valence-electron chi connectivity index (χ0n) is 11.9. The first kappa shape index (κ1) is 14.0. The molecule has 0 radical (unpaired) electrons. The van der Waals surface area contributed by atoms with Gasteiger partial charge in [-0.1, -0.05) is 13.8 Å². The van der Waals surface area contributed by atoms with Crippen LogP contribution in [0.2, 0.25) is 0 Å². The first-order valence-electron chi connectivity index (χ1n) is 6.40. The van der Waals surface area contributed by atoms with Crippen LogP contribution in [-0.4, -0.2) is 12.1 Å². The smallest absolute Gasteiger partial charge is 0.122 e. The molecule has 4 heteroatoms. The van der Waals surface area contributed by atoms with Gasteiger partial charge in [0.1, 0.15) is 10.8 Å². The molecule has 0 aliphatic rings. The van der Waals surface area contributed by atoms with Crippen molar-refractivity contribution in [2.45, 2.75) is 33.2 Å². The normalized spacial score (nSPS) is 11.1. The Labute approximate surface area is 118 Å². The Bertz CT molecular complexity index is 576. The van der Waals surface area contributed by atoms with Gasteiger partial charge >= 0.3 is 0 Å². The van der Waals surface area contributed by atoms with Crippen LogP contribution in [0.4, 0.5) is 0 Å². The summed E-state index contributed by atoms with van der Waals surface area (Å²) in [4.78, 5) is 4.57. The quantitative estimate of drug-likeness (QED) is 0.926. The lowest BCUT2D eigenvalue weighted by atomic mass is 9.95. The zero-order valence-corrected chi connectivity index (χ0v) is 12.7. The van der Waals surface area contributed by atoms with Gasteiger partial charge in [0, 0.05) is 17.5 Å². The van der Waals surface area contributed by atoms with Crippen molar-refractivity contribution in [3.63, 3.8) is 0 Å². The van der Waals surface area contributed by atoms with Gasteiger partial charge in [-0.15, -0.1) is 11.3 Å². The number of nitrogens with two attached hydrogens (primary N) is 1. The Balaban J connectivity index is 2.54. The molecule has 0 spiro atoms. The molecule has 0 aliphatic carbocycles. The Kier molecular flexibility index (Phi) is 4.22. The molecule has 0 atom stereocenters. The number of aryl methyl sites for hydroxylation is 1. The van der Waals surface area contributed by atoms with E-state index in [1.165, 1.54) is 16.7 Å². The highest BCUT2D eigenvalue weighted by atomic mass is 32.1. The minimum absolute atomic E-state index is 0.418. The van der Waals surface area contributed by atoms with E-state index in [-0.39, 0.29) is 0 Å². The van der Waals surface area contributed by atoms with Gasteiger partial charge in [0.05, 0.1) is 12.8 Å². The summed E-state index contributed by atoms with van der Waals surface area (Å²) in [6, 6.07) is 4.28. The molecule has 2 N–H and O–H groups in total. The number of methoxy groups -OCH3 is 1. The molecule has 1 aromatic carbocycles. The molecular formula is C15H20N2OS. The lowest BCUT2D eigenvalue weighted by molar-refractivity contribution is 0.407. The predicted molar refractivity (Wildman–Crippen MR) is 80.8 cm³/mol. The molecular weight excluding hydrogens is 256 g/mol. The standard InChI is InChI=1S/C15H20N2OS/c1-9(2)11-6-12(10(3)5-14(11)18-4)13-8-19-15(7-16)17-13/h5-6,8-9H,7,16H2,1-4H3. The van der Waals surface area contributed by atoms with Crippen molar-refractivity contribution in [2.24, 2.45) is 5.73 Å². The third kappa shape index (κ3) is 2.80. The minimum atomic E-state index is 0.418. The van der Waals surface area contributed by atoms with Crippen molar-refractivity contribution in [3.8, 4) is 17.0 Å². The Morgan fingerprint density at radius 3 is 2.63 bits per heavy atom. The first-order valence-corrected chi connectivity index (χ1v) is 7.28. The van der Waals surface area contributed by atoms with Gasteiger partial charge in [0.2, 0.25) is 0 Å². The number of ether oxygens (including phenoxy) is 1. The SMILES string of the molecule is COc1cc(C)c(-c2csc(CN)n2)cc1C(C)C. The summed E-state index contributed by atoms with van der Waals surface area (Å²) in [5, 5.41) is 3.04. The Morgan fingerprint density at radius 2 is 2.11 bits per heavy atom. The largest absolute Gasteiger partial charge is 0.496 e. The fourth-order valence-corrected chi connectivity index (χ4v) is 2.81. The predicted octanol–water partition coefficient (Wildman–Crippen LogP) is 3.71. The lowest BCUT2D eigenvalue weighted by Crippen LogP contribution is -1.98. The molecule has 0 amide bonds. The van der Waals surface area contributed by atoms with Crippen molar-refractivity contribution >= 4 is 11.3 Å². The number of benzene rings is 1. The molecule has 2 aromatic rings. The van der Waals surface area contributed by atoms with Crippen molar-refractivity contribution < 1.29 is 4.74 Å². The number of nitrogens with zero attached hydrogens (tertiary/aromatic N) is 1. The topological polar surface area (TPSA) is 48.1 Å². The third-order valence-electron chi connectivity index (χ3n) is 3.20. The zero-order chi connectivity index (χ0) is 14.0. The minimum Gasteiger partial charge on any atom is -0.496 e. The van der Waals surface area contributed by atoms with Crippen LogP contribution < -0.4 is 10.5 Å². The number of rotatable bonds is 4. The van der Waals surface area contributed by atoms with Crippen molar-refractivity contribution in [3.05, 3.63) is 33.6 Å². The van der Waals surface area contributed by atoms with E-state index in [1.807, 2.05) is 0 Å². The Morgan fingerprint density at radius 1 is 1.37 bits per heavy atom. The molecule has 0 saturated carbocycles. The molecule has 0 bridgehead atoms. The summed E-state index contributed by atoms with van der Waals surface area (Å²) >= 11 is 1.61. The van der Waals surface area contributed by atoms with E-state index in [9.17, 15) is 0 Å². The van der Waals surface area contributed by atoms with Gasteiger partial charge in [0.15, 0.2) is 0 Å². The molecule has 1 heterocycles. The Hall–Kier alpha value is -1.39. The fraction of sp³-hybridized carbons (Fsp3) is 0.400. The summed E-state index contributed by atoms with van der Waals surface area (Å²) in [6.07, 6.45) is 0. The average Bonchev–Trinajstić information content (AvgIpc) is 2.86. The maximum absolute atomic E-state index is 5.63. The van der Waals surface area contributed by atoms with Crippen LogP contribution in [0.3, 0.4) is 0 Å². The van der Waals surface area contributed by atoms with E-state index in [1.54, 1.807) is 18.4 Å². The highest BCUT2D eigenvalue weighted by Crippen LogP contribution is 2.34. The molecule has 0 unspecified atom stereocenters. The highest BCUT2D eigenvalue weighted by Gasteiger charge is 2.14. The van der Waals surface area contributed by atoms with Gasteiger partial charge < -0.3 is 10.5 Å². The van der Waals surface area contributed by atoms with Gasteiger partial charge in [-0.25, -0.2) is 4.98 Å². The first-order chi connectivity index (χ1) is 9.06. The van der Waals surface area contributed by atoms with Crippen LogP contribution in [0.1, 0.15) is 35.9 Å². The van der Waals surface area contributed by atoms with Gasteiger partial charge in [-0.3, -0.25) is 0 Å². The summed E-state index contributed by atoms with van der Waals surface area (Å²) < 4.78 is 5.47. The number of thiazole rings is 1. The van der Waals surface area contributed by atoms with E-state index >= 15 is 0 Å². The van der Waals surface area contributed by atoms with E-state index < -0.39 is 0 Å². The van der Waals surface area contributed by atoms with E-state index in [4.69, 9.17) is 10.5 Å². The average molecular weight is 276 g/mol. The molecule has 2 rings (SSSR count). The van der Waals surface area contributed by atoms with E-state index in [0.717, 1.165) is 16.5 Å². The van der Waals surface area contributed by atoms with Crippen molar-refractivity contribution in [2.75, 3.05) is 7.11 Å². The van der Waals surface area contributed by atoms with Crippen molar-refractivity contribution in [1.29, 1.82) is 0 Å². The molecule has 1 aromatic heterocycles. The van der Waals surface area contributed by atoms with Crippen LogP contribution in [0.25, 0.3) is 11.3 Å². The van der Waals surface area contributed by atoms with E-state index in [2.05, 4.69) is 43.3 Å². The highest BCUT2D eigenvalue weighted by molar-refractivity contribution is 7.09. The lowest BCUT2D eigenvalue weighted by Gasteiger charge is -2.15. The second-order valence-corrected chi connectivity index (χ2v) is 5.84. The maximum Gasteiger partial charge on any atom is 0.122 e. The van der Waals surface area contributed by atoms with Gasteiger partial charge in [0.25, 0.3) is 0 Å². The molecule has 0 aliphatic heterocycles. The van der Waals surface area contributed by atoms with Crippen molar-refractivity contribution in [1.82, 2.24) is 4.98 Å². The molecule has 0 fully saturated rings. The second-order valence-electron chi connectivity index (χ2n) is 4.89. The third-order valence-corrected chi connectivity index (χ3v) is 4.07. The monoisotopic (exact) mass is 276 g/mol. The molecule has 102 valence electrons. The van der Waals surface area contributed by atoms with Gasteiger partial charge in [-0.05, 0) is 36.1 Å². The van der Waals surface area contributed by atoms with Crippen LogP contribution in [0.15, 0.2) is 17.5 Å². The second kappa shape index (κ2) is 5.72. The molecule has 19 heavy (non-hydrogen) atoms. The maximum atomic E-state index is 5.63. The molecule has 3 nitrogen and oxygen atoms in total.